The van der Waals surface area contributed by atoms with Gasteiger partial charge in [-0.15, -0.1) is 0 Å². The summed E-state index contributed by atoms with van der Waals surface area (Å²) in [6, 6.07) is 6.50. The summed E-state index contributed by atoms with van der Waals surface area (Å²) >= 11 is 2.90. The zero-order chi connectivity index (χ0) is 17.2. The second kappa shape index (κ2) is 12.1. The Morgan fingerprint density at radius 3 is 1.83 bits per heavy atom. The first kappa shape index (κ1) is 23.9. The molecule has 0 aliphatic carbocycles. The van der Waals surface area contributed by atoms with E-state index in [2.05, 4.69) is 25.4 Å². The zero-order valence-electron chi connectivity index (χ0n) is 12.7. The molecule has 0 bridgehead atoms. The standard InChI is InChI=1S/C11H14O4S.C3H5BrO2.CH4/c1-3-9-4-6-10(7-5-9)16(13,14)8-11(12)15-2;1-6-3(5)2-4;/h4-7H,3,8H2,1-2H3;2H2,1H3;1H4. The lowest BCUT2D eigenvalue weighted by Gasteiger charge is -2.04. The van der Waals surface area contributed by atoms with Gasteiger partial charge in [0, 0.05) is 0 Å². The summed E-state index contributed by atoms with van der Waals surface area (Å²) < 4.78 is 31.9. The highest BCUT2D eigenvalue weighted by Crippen LogP contribution is 2.13. The molecule has 0 radical (unpaired) electrons. The van der Waals surface area contributed by atoms with Gasteiger partial charge in [-0.25, -0.2) is 8.42 Å². The van der Waals surface area contributed by atoms with E-state index in [0.717, 1.165) is 19.1 Å². The summed E-state index contributed by atoms with van der Waals surface area (Å²) in [5.74, 6) is -1.61. The molecular weight excluding hydrogens is 388 g/mol. The maximum absolute atomic E-state index is 11.7. The number of alkyl halides is 1. The number of carbonyl (C=O) groups excluding carboxylic acids is 2. The highest BCUT2D eigenvalue weighted by atomic mass is 79.9. The smallest absolute Gasteiger partial charge is 0.321 e. The van der Waals surface area contributed by atoms with Crippen molar-refractivity contribution in [1.82, 2.24) is 0 Å². The minimum absolute atomic E-state index is 0. The van der Waals surface area contributed by atoms with E-state index in [1.54, 1.807) is 12.1 Å². The summed E-state index contributed by atoms with van der Waals surface area (Å²) in [6.07, 6.45) is 0.845. The highest BCUT2D eigenvalue weighted by Gasteiger charge is 2.19. The van der Waals surface area contributed by atoms with Gasteiger partial charge >= 0.3 is 11.9 Å². The Bertz CT molecular complexity index is 574. The molecule has 0 aliphatic rings. The monoisotopic (exact) mass is 410 g/mol. The second-order valence-corrected chi connectivity index (χ2v) is 6.59. The molecule has 8 heteroatoms. The predicted molar refractivity (Wildman–Crippen MR) is 92.4 cm³/mol. The first-order valence-electron chi connectivity index (χ1n) is 6.32. The van der Waals surface area contributed by atoms with E-state index in [9.17, 15) is 18.0 Å². The number of methoxy groups -OCH3 is 2. The number of ether oxygens (including phenoxy) is 2. The van der Waals surface area contributed by atoms with Crippen LogP contribution >= 0.6 is 15.9 Å². The summed E-state index contributed by atoms with van der Waals surface area (Å²) in [5.41, 5.74) is 1.05. The minimum Gasteiger partial charge on any atom is -0.468 e. The van der Waals surface area contributed by atoms with Gasteiger partial charge in [-0.05, 0) is 24.1 Å². The number of sulfone groups is 1. The molecule has 0 saturated carbocycles. The number of halogens is 1. The largest absolute Gasteiger partial charge is 0.468 e. The van der Waals surface area contributed by atoms with Crippen LogP contribution in [-0.4, -0.2) is 45.7 Å². The van der Waals surface area contributed by atoms with Crippen molar-refractivity contribution in [3.05, 3.63) is 29.8 Å². The lowest BCUT2D eigenvalue weighted by atomic mass is 10.2. The minimum atomic E-state index is -3.57. The molecule has 132 valence electrons. The van der Waals surface area contributed by atoms with Crippen LogP contribution in [0.4, 0.5) is 0 Å². The van der Waals surface area contributed by atoms with Gasteiger partial charge in [-0.3, -0.25) is 9.59 Å². The van der Waals surface area contributed by atoms with Crippen LogP contribution in [0, 0.1) is 0 Å². The van der Waals surface area contributed by atoms with Crippen LogP contribution in [0.25, 0.3) is 0 Å². The van der Waals surface area contributed by atoms with Gasteiger partial charge in [0.2, 0.25) is 0 Å². The van der Waals surface area contributed by atoms with Crippen molar-refractivity contribution in [2.75, 3.05) is 25.3 Å². The van der Waals surface area contributed by atoms with Crippen molar-refractivity contribution in [1.29, 1.82) is 0 Å². The van der Waals surface area contributed by atoms with E-state index in [-0.39, 0.29) is 23.6 Å². The van der Waals surface area contributed by atoms with Gasteiger partial charge in [0.05, 0.1) is 19.1 Å². The normalized spacial score (nSPS) is 9.74. The molecule has 0 fully saturated rings. The number of benzene rings is 1. The Kier molecular flexibility index (Phi) is 12.5. The summed E-state index contributed by atoms with van der Waals surface area (Å²) in [7, 11) is -1.06. The van der Waals surface area contributed by atoms with Crippen molar-refractivity contribution in [2.24, 2.45) is 0 Å². The molecule has 0 aromatic heterocycles. The average molecular weight is 411 g/mol. The highest BCUT2D eigenvalue weighted by molar-refractivity contribution is 9.09. The van der Waals surface area contributed by atoms with Crippen LogP contribution in [0.1, 0.15) is 19.9 Å². The van der Waals surface area contributed by atoms with Crippen molar-refractivity contribution < 1.29 is 27.5 Å². The Hall–Kier alpha value is -1.41. The maximum Gasteiger partial charge on any atom is 0.321 e. The molecule has 6 nitrogen and oxygen atoms in total. The van der Waals surface area contributed by atoms with Gasteiger partial charge < -0.3 is 9.47 Å². The molecule has 0 saturated heterocycles. The number of hydrogen-bond acceptors (Lipinski definition) is 6. The van der Waals surface area contributed by atoms with Crippen LogP contribution in [0.3, 0.4) is 0 Å². The van der Waals surface area contributed by atoms with Gasteiger partial charge in [0.1, 0.15) is 5.33 Å². The van der Waals surface area contributed by atoms with Gasteiger partial charge in [0.15, 0.2) is 15.6 Å². The van der Waals surface area contributed by atoms with Gasteiger partial charge in [-0.2, -0.15) is 0 Å². The van der Waals surface area contributed by atoms with Crippen LogP contribution in [0.2, 0.25) is 0 Å². The molecule has 1 aromatic rings. The zero-order valence-corrected chi connectivity index (χ0v) is 15.1. The van der Waals surface area contributed by atoms with Crippen molar-refractivity contribution in [3.63, 3.8) is 0 Å². The predicted octanol–water partition coefficient (Wildman–Crippen LogP) is 2.39. The molecule has 1 aromatic carbocycles. The van der Waals surface area contributed by atoms with E-state index >= 15 is 0 Å². The third-order valence-electron chi connectivity index (χ3n) is 2.56. The van der Waals surface area contributed by atoms with E-state index < -0.39 is 21.6 Å². The number of rotatable bonds is 5. The van der Waals surface area contributed by atoms with Crippen LogP contribution in [0.15, 0.2) is 29.2 Å². The second-order valence-electron chi connectivity index (χ2n) is 4.04. The van der Waals surface area contributed by atoms with Crippen molar-refractivity contribution in [2.45, 2.75) is 25.7 Å². The Labute approximate surface area is 146 Å². The first-order valence-corrected chi connectivity index (χ1v) is 9.09. The van der Waals surface area contributed by atoms with E-state index in [1.807, 2.05) is 6.92 Å². The van der Waals surface area contributed by atoms with Gasteiger partial charge in [0.25, 0.3) is 0 Å². The van der Waals surface area contributed by atoms with E-state index in [4.69, 9.17) is 0 Å². The molecular formula is C15H23BrO6S. The third-order valence-corrected chi connectivity index (χ3v) is 4.63. The van der Waals surface area contributed by atoms with E-state index in [0.29, 0.717) is 0 Å². The van der Waals surface area contributed by atoms with Crippen molar-refractivity contribution >= 4 is 37.7 Å². The molecule has 1 rings (SSSR count). The fourth-order valence-corrected chi connectivity index (χ4v) is 2.66. The number of esters is 2. The Balaban J connectivity index is 0. The third kappa shape index (κ3) is 9.35. The average Bonchev–Trinajstić information content (AvgIpc) is 2.54. The molecule has 0 unspecified atom stereocenters. The summed E-state index contributed by atoms with van der Waals surface area (Å²) in [4.78, 5) is 21.0. The number of hydrogen-bond donors (Lipinski definition) is 0. The van der Waals surface area contributed by atoms with Crippen molar-refractivity contribution in [3.8, 4) is 0 Å². The van der Waals surface area contributed by atoms with Crippen LogP contribution in [-0.2, 0) is 35.3 Å². The molecule has 0 aliphatic heterocycles. The summed E-state index contributed by atoms with van der Waals surface area (Å²) in [5, 5.41) is 0.281. The lowest BCUT2D eigenvalue weighted by molar-refractivity contribution is -0.138. The maximum atomic E-state index is 11.7. The molecule has 0 heterocycles. The first-order chi connectivity index (χ1) is 10.3. The molecule has 0 amide bonds. The van der Waals surface area contributed by atoms with E-state index in [1.165, 1.54) is 19.2 Å². The molecule has 0 atom stereocenters. The Morgan fingerprint density at radius 2 is 1.52 bits per heavy atom. The number of aryl methyl sites for hydroxylation is 1. The fourth-order valence-electron chi connectivity index (χ4n) is 1.28. The van der Waals surface area contributed by atoms with Crippen LogP contribution < -0.4 is 0 Å². The quantitative estimate of drug-likeness (QED) is 0.546. The molecule has 23 heavy (non-hydrogen) atoms. The lowest BCUT2D eigenvalue weighted by Crippen LogP contribution is -2.17. The molecule has 0 spiro atoms. The van der Waals surface area contributed by atoms with Crippen LogP contribution in [0.5, 0.6) is 0 Å². The fraction of sp³-hybridized carbons (Fsp3) is 0.467. The summed E-state index contributed by atoms with van der Waals surface area (Å²) in [6.45, 7) is 1.98. The SMILES string of the molecule is C.CCc1ccc(S(=O)(=O)CC(=O)OC)cc1.COC(=O)CBr. The number of carbonyl (C=O) groups is 2. The topological polar surface area (TPSA) is 86.7 Å². The van der Waals surface area contributed by atoms with Gasteiger partial charge in [-0.1, -0.05) is 42.4 Å². The molecule has 0 N–H and O–H groups in total. The Morgan fingerprint density at radius 1 is 1.04 bits per heavy atom.